The van der Waals surface area contributed by atoms with E-state index in [0.717, 1.165) is 13.0 Å². The second-order valence-electron chi connectivity index (χ2n) is 4.04. The first-order chi connectivity index (χ1) is 7.95. The second kappa shape index (κ2) is 4.01. The lowest BCUT2D eigenvalue weighted by Gasteiger charge is -2.31. The fraction of sp³-hybridized carbons (Fsp3) is 0.133. The molecule has 0 atom stereocenters. The summed E-state index contributed by atoms with van der Waals surface area (Å²) in [6, 6.07) is 19.2. The molecule has 0 unspecified atom stereocenters. The second-order valence-corrected chi connectivity index (χ2v) is 4.04. The highest BCUT2D eigenvalue weighted by atomic mass is 15.1. The van der Waals surface area contributed by atoms with Crippen LogP contribution in [-0.4, -0.2) is 6.54 Å². The van der Waals surface area contributed by atoms with Gasteiger partial charge < -0.3 is 4.90 Å². The van der Waals surface area contributed by atoms with Gasteiger partial charge in [0.25, 0.3) is 0 Å². The third-order valence-corrected chi connectivity index (χ3v) is 3.01. The van der Waals surface area contributed by atoms with E-state index < -0.39 is 0 Å². The van der Waals surface area contributed by atoms with Gasteiger partial charge in [0.1, 0.15) is 0 Å². The Hall–Kier alpha value is -1.76. The maximum absolute atomic E-state index is 2.38. The number of hydrogen-bond donors (Lipinski definition) is 0. The summed E-state index contributed by atoms with van der Waals surface area (Å²) in [5, 5.41) is 0. The van der Waals surface area contributed by atoms with Gasteiger partial charge in [-0.2, -0.15) is 0 Å². The zero-order valence-electron chi connectivity index (χ0n) is 9.13. The highest BCUT2D eigenvalue weighted by Crippen LogP contribution is 2.33. The molecule has 2 aromatic carbocycles. The largest absolute Gasteiger partial charge is 0.341 e. The van der Waals surface area contributed by atoms with Crippen LogP contribution in [-0.2, 0) is 0 Å². The molecule has 0 N–H and O–H groups in total. The monoisotopic (exact) mass is 208 g/mol. The summed E-state index contributed by atoms with van der Waals surface area (Å²) in [6.07, 6.45) is 3.43. The first kappa shape index (κ1) is 9.46. The van der Waals surface area contributed by atoms with Crippen LogP contribution >= 0.6 is 0 Å². The molecule has 1 radical (unpaired) electrons. The molecule has 0 fully saturated rings. The van der Waals surface area contributed by atoms with Crippen molar-refractivity contribution in [1.82, 2.24) is 0 Å². The Balaban J connectivity index is 2.05. The number of para-hydroxylation sites is 2. The van der Waals surface area contributed by atoms with Crippen LogP contribution in [0.3, 0.4) is 0 Å². The molecule has 0 amide bonds. The maximum Gasteiger partial charge on any atom is 0.0446 e. The van der Waals surface area contributed by atoms with Gasteiger partial charge in [-0.25, -0.2) is 0 Å². The molecular weight excluding hydrogens is 194 g/mol. The van der Waals surface area contributed by atoms with Crippen LogP contribution in [0, 0.1) is 6.42 Å². The molecule has 0 aromatic heterocycles. The molecule has 0 bridgehead atoms. The van der Waals surface area contributed by atoms with Crippen molar-refractivity contribution in [3.8, 4) is 0 Å². The summed E-state index contributed by atoms with van der Waals surface area (Å²) in [5.41, 5.74) is 3.95. The summed E-state index contributed by atoms with van der Waals surface area (Å²) in [4.78, 5) is 2.38. The van der Waals surface area contributed by atoms with E-state index >= 15 is 0 Å². The SMILES string of the molecule is [CH]1CCN(c2ccccc2)c2ccccc21. The van der Waals surface area contributed by atoms with Gasteiger partial charge in [-0.1, -0.05) is 36.4 Å². The average molecular weight is 208 g/mol. The Labute approximate surface area is 96.3 Å². The van der Waals surface area contributed by atoms with Crippen LogP contribution in [0.25, 0.3) is 0 Å². The Morgan fingerprint density at radius 1 is 0.812 bits per heavy atom. The van der Waals surface area contributed by atoms with E-state index in [1.165, 1.54) is 16.9 Å². The van der Waals surface area contributed by atoms with Gasteiger partial charge in [-0.3, -0.25) is 0 Å². The number of nitrogens with zero attached hydrogens (tertiary/aromatic N) is 1. The lowest BCUT2D eigenvalue weighted by atomic mass is 10.0. The summed E-state index contributed by atoms with van der Waals surface area (Å²) in [5.74, 6) is 0. The van der Waals surface area contributed by atoms with Crippen molar-refractivity contribution < 1.29 is 0 Å². The Bertz CT molecular complexity index is 476. The summed E-state index contributed by atoms with van der Waals surface area (Å²) >= 11 is 0. The van der Waals surface area contributed by atoms with E-state index in [1.54, 1.807) is 0 Å². The van der Waals surface area contributed by atoms with Gasteiger partial charge in [0.05, 0.1) is 0 Å². The molecule has 1 nitrogen and oxygen atoms in total. The van der Waals surface area contributed by atoms with Gasteiger partial charge >= 0.3 is 0 Å². The molecule has 1 aliphatic rings. The Kier molecular flexibility index (Phi) is 2.37. The van der Waals surface area contributed by atoms with Gasteiger partial charge in [0.15, 0.2) is 0 Å². The Morgan fingerprint density at radius 2 is 1.56 bits per heavy atom. The van der Waals surface area contributed by atoms with Crippen molar-refractivity contribution in [1.29, 1.82) is 0 Å². The third kappa shape index (κ3) is 1.58. The predicted molar refractivity (Wildman–Crippen MR) is 67.9 cm³/mol. The summed E-state index contributed by atoms with van der Waals surface area (Å²) < 4.78 is 0. The van der Waals surface area contributed by atoms with Crippen LogP contribution in [0.15, 0.2) is 54.6 Å². The van der Waals surface area contributed by atoms with Crippen molar-refractivity contribution in [2.75, 3.05) is 11.4 Å². The first-order valence-corrected chi connectivity index (χ1v) is 5.70. The van der Waals surface area contributed by atoms with Crippen LogP contribution < -0.4 is 4.90 Å². The van der Waals surface area contributed by atoms with Crippen molar-refractivity contribution in [2.45, 2.75) is 6.42 Å². The third-order valence-electron chi connectivity index (χ3n) is 3.01. The van der Waals surface area contributed by atoms with Crippen LogP contribution in [0.5, 0.6) is 0 Å². The fourth-order valence-corrected chi connectivity index (χ4v) is 2.25. The molecule has 1 heteroatoms. The molecular formula is C15H14N. The Morgan fingerprint density at radius 3 is 2.44 bits per heavy atom. The molecule has 16 heavy (non-hydrogen) atoms. The molecule has 0 saturated heterocycles. The van der Waals surface area contributed by atoms with Crippen LogP contribution in [0.2, 0.25) is 0 Å². The van der Waals surface area contributed by atoms with E-state index in [-0.39, 0.29) is 0 Å². The zero-order valence-corrected chi connectivity index (χ0v) is 9.13. The molecule has 0 saturated carbocycles. The topological polar surface area (TPSA) is 3.24 Å². The molecule has 2 aromatic rings. The van der Waals surface area contributed by atoms with Crippen molar-refractivity contribution in [3.05, 3.63) is 66.6 Å². The molecule has 3 rings (SSSR count). The van der Waals surface area contributed by atoms with Crippen molar-refractivity contribution >= 4 is 11.4 Å². The van der Waals surface area contributed by atoms with Crippen molar-refractivity contribution in [3.63, 3.8) is 0 Å². The van der Waals surface area contributed by atoms with E-state index in [2.05, 4.69) is 65.9 Å². The number of benzene rings is 2. The quantitative estimate of drug-likeness (QED) is 0.689. The number of rotatable bonds is 1. The summed E-state index contributed by atoms with van der Waals surface area (Å²) in [7, 11) is 0. The number of fused-ring (bicyclic) bond motifs is 1. The minimum absolute atomic E-state index is 1.07. The standard InChI is InChI=1S/C15H14N/c1-2-9-14(10-3-1)16-12-6-8-13-7-4-5-11-15(13)16/h1-5,7-11H,6,12H2. The summed E-state index contributed by atoms with van der Waals surface area (Å²) in [6.45, 7) is 1.07. The van der Waals surface area contributed by atoms with Crippen molar-refractivity contribution in [2.24, 2.45) is 0 Å². The van der Waals surface area contributed by atoms with Gasteiger partial charge in [0, 0.05) is 17.9 Å². The van der Waals surface area contributed by atoms with E-state index in [0.29, 0.717) is 0 Å². The average Bonchev–Trinajstić information content (AvgIpc) is 2.39. The normalized spacial score (nSPS) is 14.6. The van der Waals surface area contributed by atoms with Gasteiger partial charge in [-0.05, 0) is 36.6 Å². The minimum atomic E-state index is 1.07. The van der Waals surface area contributed by atoms with E-state index in [4.69, 9.17) is 0 Å². The van der Waals surface area contributed by atoms with Gasteiger partial charge in [-0.15, -0.1) is 0 Å². The highest BCUT2D eigenvalue weighted by Gasteiger charge is 2.17. The highest BCUT2D eigenvalue weighted by molar-refractivity contribution is 5.69. The van der Waals surface area contributed by atoms with E-state index in [9.17, 15) is 0 Å². The predicted octanol–water partition coefficient (Wildman–Crippen LogP) is 3.78. The fourth-order valence-electron chi connectivity index (χ4n) is 2.25. The number of hydrogen-bond acceptors (Lipinski definition) is 1. The van der Waals surface area contributed by atoms with E-state index in [1.807, 2.05) is 0 Å². The van der Waals surface area contributed by atoms with Crippen LogP contribution in [0.4, 0.5) is 11.4 Å². The number of anilines is 2. The van der Waals surface area contributed by atoms with Crippen LogP contribution in [0.1, 0.15) is 12.0 Å². The first-order valence-electron chi connectivity index (χ1n) is 5.70. The lowest BCUT2D eigenvalue weighted by Crippen LogP contribution is -2.23. The molecule has 0 spiro atoms. The smallest absolute Gasteiger partial charge is 0.0446 e. The maximum atomic E-state index is 2.38. The molecule has 79 valence electrons. The van der Waals surface area contributed by atoms with Gasteiger partial charge in [0.2, 0.25) is 0 Å². The molecule has 1 heterocycles. The molecule has 0 aliphatic carbocycles. The lowest BCUT2D eigenvalue weighted by molar-refractivity contribution is 0.871. The zero-order chi connectivity index (χ0) is 10.8. The molecule has 1 aliphatic heterocycles. The minimum Gasteiger partial charge on any atom is -0.341 e.